The normalized spacial score (nSPS) is 36.8. The third-order valence-electron chi connectivity index (χ3n) is 3.03. The Kier molecular flexibility index (Phi) is 3.85. The van der Waals surface area contributed by atoms with Gasteiger partial charge in [-0.2, -0.15) is 0 Å². The highest BCUT2D eigenvalue weighted by Crippen LogP contribution is 2.34. The molecule has 16 heavy (non-hydrogen) atoms. The van der Waals surface area contributed by atoms with Crippen molar-refractivity contribution in [2.75, 3.05) is 19.8 Å². The molecule has 0 spiro atoms. The predicted molar refractivity (Wildman–Crippen MR) is 58.8 cm³/mol. The monoisotopic (exact) mass is 226 g/mol. The van der Waals surface area contributed by atoms with Crippen molar-refractivity contribution in [2.45, 2.75) is 24.7 Å². The van der Waals surface area contributed by atoms with Gasteiger partial charge in [0.1, 0.15) is 6.61 Å². The third-order valence-corrected chi connectivity index (χ3v) is 3.03. The largest absolute Gasteiger partial charge is 0.501 e. The maximum absolute atomic E-state index is 5.89. The smallest absolute Gasteiger partial charge is 0.114 e. The van der Waals surface area contributed by atoms with Crippen molar-refractivity contribution in [1.82, 2.24) is 0 Å². The molecule has 0 aromatic carbocycles. The molecule has 2 rings (SSSR count). The van der Waals surface area contributed by atoms with E-state index in [2.05, 4.69) is 13.2 Å². The van der Waals surface area contributed by atoms with Crippen LogP contribution < -0.4 is 0 Å². The molecule has 4 unspecified atom stereocenters. The Morgan fingerprint density at radius 3 is 2.69 bits per heavy atom. The summed E-state index contributed by atoms with van der Waals surface area (Å²) < 4.78 is 21.9. The summed E-state index contributed by atoms with van der Waals surface area (Å²) in [6.45, 7) is 8.90. The lowest BCUT2D eigenvalue weighted by atomic mass is 10.0. The summed E-state index contributed by atoms with van der Waals surface area (Å²) in [5.74, 6) is 0.303. The molecule has 0 N–H and O–H groups in total. The van der Waals surface area contributed by atoms with E-state index in [0.717, 1.165) is 6.42 Å². The van der Waals surface area contributed by atoms with Crippen LogP contribution in [0.1, 0.15) is 6.42 Å². The molecule has 0 amide bonds. The van der Waals surface area contributed by atoms with Crippen LogP contribution in [0.4, 0.5) is 0 Å². The molecular weight excluding hydrogens is 208 g/mol. The van der Waals surface area contributed by atoms with Gasteiger partial charge in [0.2, 0.25) is 0 Å². The SMILES string of the molecule is C=COCC1CC2OCC(COC=C)C2O1. The summed E-state index contributed by atoms with van der Waals surface area (Å²) in [4.78, 5) is 0. The fourth-order valence-corrected chi connectivity index (χ4v) is 2.30. The highest BCUT2D eigenvalue weighted by atomic mass is 16.6. The van der Waals surface area contributed by atoms with Gasteiger partial charge in [-0.3, -0.25) is 0 Å². The number of fused-ring (bicyclic) bond motifs is 1. The second-order valence-electron chi connectivity index (χ2n) is 4.09. The van der Waals surface area contributed by atoms with E-state index in [9.17, 15) is 0 Å². The topological polar surface area (TPSA) is 36.9 Å². The van der Waals surface area contributed by atoms with Crippen LogP contribution in [0.15, 0.2) is 25.7 Å². The minimum absolute atomic E-state index is 0.111. The molecule has 2 heterocycles. The lowest BCUT2D eigenvalue weighted by Gasteiger charge is -2.17. The highest BCUT2D eigenvalue weighted by Gasteiger charge is 2.46. The highest BCUT2D eigenvalue weighted by molar-refractivity contribution is 4.92. The van der Waals surface area contributed by atoms with E-state index in [1.165, 1.54) is 12.5 Å². The lowest BCUT2D eigenvalue weighted by molar-refractivity contribution is -0.0207. The van der Waals surface area contributed by atoms with Crippen molar-refractivity contribution in [3.05, 3.63) is 25.7 Å². The Bertz CT molecular complexity index is 253. The van der Waals surface area contributed by atoms with Crippen molar-refractivity contribution in [3.63, 3.8) is 0 Å². The molecule has 2 aliphatic heterocycles. The molecule has 4 nitrogen and oxygen atoms in total. The van der Waals surface area contributed by atoms with Crippen LogP contribution in [-0.4, -0.2) is 38.1 Å². The van der Waals surface area contributed by atoms with E-state index in [0.29, 0.717) is 25.7 Å². The summed E-state index contributed by atoms with van der Waals surface area (Å²) in [5.41, 5.74) is 0. The molecule has 90 valence electrons. The quantitative estimate of drug-likeness (QED) is 0.643. The van der Waals surface area contributed by atoms with Crippen LogP contribution in [0.25, 0.3) is 0 Å². The molecule has 0 bridgehead atoms. The molecule has 0 aromatic heterocycles. The van der Waals surface area contributed by atoms with Gasteiger partial charge in [0.15, 0.2) is 0 Å². The molecule has 0 aromatic rings. The molecule has 2 saturated heterocycles. The predicted octanol–water partition coefficient (Wildman–Crippen LogP) is 1.48. The molecule has 0 saturated carbocycles. The molecule has 0 aliphatic carbocycles. The zero-order valence-electron chi connectivity index (χ0n) is 9.34. The van der Waals surface area contributed by atoms with E-state index in [1.807, 2.05) is 0 Å². The van der Waals surface area contributed by atoms with Gasteiger partial charge >= 0.3 is 0 Å². The molecule has 2 fully saturated rings. The number of hydrogen-bond donors (Lipinski definition) is 0. The first kappa shape index (κ1) is 11.5. The van der Waals surface area contributed by atoms with Crippen molar-refractivity contribution in [3.8, 4) is 0 Å². The number of hydrogen-bond acceptors (Lipinski definition) is 4. The Morgan fingerprint density at radius 2 is 1.94 bits per heavy atom. The van der Waals surface area contributed by atoms with E-state index in [1.54, 1.807) is 0 Å². The maximum atomic E-state index is 5.89. The van der Waals surface area contributed by atoms with Gasteiger partial charge in [-0.05, 0) is 0 Å². The maximum Gasteiger partial charge on any atom is 0.114 e. The van der Waals surface area contributed by atoms with Crippen molar-refractivity contribution >= 4 is 0 Å². The number of rotatable bonds is 6. The summed E-state index contributed by atoms with van der Waals surface area (Å²) in [5, 5.41) is 0. The third kappa shape index (κ3) is 2.39. The molecule has 4 atom stereocenters. The zero-order chi connectivity index (χ0) is 11.4. The Balaban J connectivity index is 1.81. The van der Waals surface area contributed by atoms with Crippen molar-refractivity contribution in [2.24, 2.45) is 5.92 Å². The first-order chi connectivity index (χ1) is 7.85. The molecular formula is C12H18O4. The number of ether oxygens (including phenoxy) is 4. The molecule has 4 heteroatoms. The van der Waals surface area contributed by atoms with Gasteiger partial charge < -0.3 is 18.9 Å². The van der Waals surface area contributed by atoms with Crippen molar-refractivity contribution in [1.29, 1.82) is 0 Å². The van der Waals surface area contributed by atoms with Crippen molar-refractivity contribution < 1.29 is 18.9 Å². The average Bonchev–Trinajstić information content (AvgIpc) is 2.83. The fraction of sp³-hybridized carbons (Fsp3) is 0.667. The Labute approximate surface area is 95.8 Å². The summed E-state index contributed by atoms with van der Waals surface area (Å²) in [7, 11) is 0. The summed E-state index contributed by atoms with van der Waals surface area (Å²) in [6, 6.07) is 0. The first-order valence-corrected chi connectivity index (χ1v) is 5.57. The van der Waals surface area contributed by atoms with Crippen LogP contribution in [0, 0.1) is 5.92 Å². The Hall–Kier alpha value is -1.00. The minimum atomic E-state index is 0.111. The zero-order valence-corrected chi connectivity index (χ0v) is 9.34. The van der Waals surface area contributed by atoms with Gasteiger partial charge in [0.25, 0.3) is 0 Å². The van der Waals surface area contributed by atoms with Crippen LogP contribution >= 0.6 is 0 Å². The van der Waals surface area contributed by atoms with Gasteiger partial charge in [-0.15, -0.1) is 0 Å². The van der Waals surface area contributed by atoms with E-state index >= 15 is 0 Å². The summed E-state index contributed by atoms with van der Waals surface area (Å²) >= 11 is 0. The van der Waals surface area contributed by atoms with Gasteiger partial charge in [0.05, 0.1) is 44.0 Å². The van der Waals surface area contributed by atoms with Crippen LogP contribution in [-0.2, 0) is 18.9 Å². The van der Waals surface area contributed by atoms with Crippen LogP contribution in [0.2, 0.25) is 0 Å². The lowest BCUT2D eigenvalue weighted by Crippen LogP contribution is -2.27. The van der Waals surface area contributed by atoms with Gasteiger partial charge in [-0.25, -0.2) is 0 Å². The van der Waals surface area contributed by atoms with Crippen LogP contribution in [0.3, 0.4) is 0 Å². The second kappa shape index (κ2) is 5.37. The molecule has 0 radical (unpaired) electrons. The van der Waals surface area contributed by atoms with E-state index in [4.69, 9.17) is 18.9 Å². The first-order valence-electron chi connectivity index (χ1n) is 5.57. The minimum Gasteiger partial charge on any atom is -0.501 e. The van der Waals surface area contributed by atoms with Gasteiger partial charge in [-0.1, -0.05) is 13.2 Å². The molecule has 2 aliphatic rings. The average molecular weight is 226 g/mol. The van der Waals surface area contributed by atoms with E-state index in [-0.39, 0.29) is 18.3 Å². The Morgan fingerprint density at radius 1 is 1.19 bits per heavy atom. The van der Waals surface area contributed by atoms with Crippen LogP contribution in [0.5, 0.6) is 0 Å². The summed E-state index contributed by atoms with van der Waals surface area (Å²) in [6.07, 6.45) is 4.23. The standard InChI is InChI=1S/C12H18O4/c1-3-13-6-9-7-15-11-5-10(8-14-4-2)16-12(9)11/h3-4,9-12H,1-2,5-8H2. The van der Waals surface area contributed by atoms with Gasteiger partial charge in [0, 0.05) is 12.3 Å². The fourth-order valence-electron chi connectivity index (χ4n) is 2.30. The van der Waals surface area contributed by atoms with E-state index < -0.39 is 0 Å². The second-order valence-corrected chi connectivity index (χ2v) is 4.09.